The van der Waals surface area contributed by atoms with Crippen LogP contribution >= 0.6 is 0 Å². The van der Waals surface area contributed by atoms with Crippen LogP contribution in [0.25, 0.3) is 0 Å². The Morgan fingerprint density at radius 1 is 0.567 bits per heavy atom. The molecular weight excluding hydrogens is 441 g/mol. The van der Waals surface area contributed by atoms with E-state index in [0.717, 1.165) is 18.9 Å². The summed E-state index contributed by atoms with van der Waals surface area (Å²) in [5.41, 5.74) is 0. The van der Waals surface area contributed by atoms with Crippen LogP contribution in [0.15, 0.2) is 0 Å². The number of ketones is 1. The number of carbonyl (C=O) groups is 1. The molecule has 30 heavy (non-hydrogen) atoms. The first-order valence-corrected chi connectivity index (χ1v) is 24.3. The second-order valence-electron chi connectivity index (χ2n) is 11.4. The lowest BCUT2D eigenvalue weighted by Crippen LogP contribution is -2.56. The largest absolute Gasteiger partial charge is 0.437 e. The molecule has 0 aliphatic carbocycles. The maximum atomic E-state index is 10.9. The van der Waals surface area contributed by atoms with Crippen molar-refractivity contribution in [3.8, 4) is 0 Å². The Labute approximate surface area is 192 Å². The predicted octanol–water partition coefficient (Wildman–Crippen LogP) is 7.97. The normalized spacial score (nSPS) is 15.3. The predicted molar refractivity (Wildman–Crippen MR) is 141 cm³/mol. The van der Waals surface area contributed by atoms with Crippen molar-refractivity contribution in [2.75, 3.05) is 0 Å². The van der Waals surface area contributed by atoms with Crippen LogP contribution in [0.4, 0.5) is 0 Å². The molecule has 0 saturated heterocycles. The van der Waals surface area contributed by atoms with Crippen molar-refractivity contribution in [2.45, 2.75) is 136 Å². The summed E-state index contributed by atoms with van der Waals surface area (Å²) in [7, 11) is -7.69. The summed E-state index contributed by atoms with van der Waals surface area (Å²) in [6, 6.07) is 1.08. The second-order valence-corrected chi connectivity index (χ2v) is 27.9. The first kappa shape index (κ1) is 30.4. The third kappa shape index (κ3) is 19.1. The molecule has 0 aromatic carbocycles. The van der Waals surface area contributed by atoms with Gasteiger partial charge in [-0.25, -0.2) is 0 Å². The molecule has 0 aromatic heterocycles. The van der Waals surface area contributed by atoms with E-state index in [0.29, 0.717) is 5.78 Å². The minimum Gasteiger partial charge on any atom is -0.437 e. The van der Waals surface area contributed by atoms with E-state index >= 15 is 0 Å². The van der Waals surface area contributed by atoms with Crippen molar-refractivity contribution >= 4 is 39.5 Å². The summed E-state index contributed by atoms with van der Waals surface area (Å²) >= 11 is 0. The molecule has 0 amide bonds. The smallest absolute Gasteiger partial charge is 0.315 e. The number of carbonyl (C=O) groups excluding carboxylic acids is 1. The summed E-state index contributed by atoms with van der Waals surface area (Å²) in [4.78, 5) is 10.9. The van der Waals surface area contributed by atoms with Crippen LogP contribution in [0, 0.1) is 0 Å². The van der Waals surface area contributed by atoms with Gasteiger partial charge in [-0.15, -0.1) is 0 Å². The van der Waals surface area contributed by atoms with E-state index in [9.17, 15) is 4.79 Å². The van der Waals surface area contributed by atoms with Crippen LogP contribution < -0.4 is 0 Å². The van der Waals surface area contributed by atoms with Crippen molar-refractivity contribution in [1.29, 1.82) is 0 Å². The average Bonchev–Trinajstić information content (AvgIpc) is 2.47. The summed E-state index contributed by atoms with van der Waals surface area (Å²) in [6.45, 7) is 21.9. The molecule has 0 radical (unpaired) electrons. The molecule has 8 heteroatoms. The van der Waals surface area contributed by atoms with Crippen LogP contribution in [0.3, 0.4) is 0 Å². The van der Waals surface area contributed by atoms with E-state index in [1.54, 1.807) is 6.92 Å². The molecule has 0 fully saturated rings. The lowest BCUT2D eigenvalue weighted by atomic mass is 10.1. The van der Waals surface area contributed by atoms with Gasteiger partial charge >= 0.3 is 17.1 Å². The fraction of sp³-hybridized carbons (Fsp3) is 0.955. The van der Waals surface area contributed by atoms with E-state index in [1.165, 1.54) is 51.4 Å². The molecule has 1 atom stereocenters. The Morgan fingerprint density at radius 2 is 0.967 bits per heavy atom. The lowest BCUT2D eigenvalue weighted by molar-refractivity contribution is -0.117. The Bertz CT molecular complexity index is 487. The summed E-state index contributed by atoms with van der Waals surface area (Å²) in [5.74, 6) is 0.325. The van der Waals surface area contributed by atoms with Crippen LogP contribution in [-0.4, -0.2) is 39.5 Å². The number of rotatable bonds is 18. The molecule has 0 aliphatic heterocycles. The van der Waals surface area contributed by atoms with Crippen molar-refractivity contribution < 1.29 is 17.1 Å². The van der Waals surface area contributed by atoms with Gasteiger partial charge in [-0.05, 0) is 78.3 Å². The Hall–Kier alpha value is 0.418. The van der Waals surface area contributed by atoms with E-state index in [4.69, 9.17) is 12.3 Å². The zero-order valence-corrected chi connectivity index (χ0v) is 25.9. The van der Waals surface area contributed by atoms with E-state index in [1.807, 2.05) is 0 Å². The van der Waals surface area contributed by atoms with E-state index < -0.39 is 33.8 Å². The van der Waals surface area contributed by atoms with Gasteiger partial charge in [-0.3, -0.25) is 0 Å². The van der Waals surface area contributed by atoms with Gasteiger partial charge in [0, 0.05) is 6.42 Å². The molecule has 0 aromatic rings. The number of hydrogen-bond donors (Lipinski definition) is 0. The fourth-order valence-electron chi connectivity index (χ4n) is 4.11. The Balaban J connectivity index is 4.31. The standard InChI is InChI=1S/C22H52O4Si4/c1-22(23)20-18-16-14-12-11-13-15-17-19-21-30(10,25-28(5,6)7)26-29(8,9)24-27(2,3)4/h11-21H2,1-10H3. The topological polar surface area (TPSA) is 44.8 Å². The quantitative estimate of drug-likeness (QED) is 0.144. The highest BCUT2D eigenvalue weighted by Crippen LogP contribution is 2.28. The van der Waals surface area contributed by atoms with Crippen molar-refractivity contribution in [3.63, 3.8) is 0 Å². The molecule has 0 spiro atoms. The fourth-order valence-corrected chi connectivity index (χ4v) is 22.1. The van der Waals surface area contributed by atoms with Gasteiger partial charge in [-0.1, -0.05) is 51.4 Å². The van der Waals surface area contributed by atoms with Crippen LogP contribution in [0.2, 0.25) is 65.0 Å². The molecule has 4 nitrogen and oxygen atoms in total. The van der Waals surface area contributed by atoms with Crippen molar-refractivity contribution in [3.05, 3.63) is 0 Å². The first-order valence-electron chi connectivity index (χ1n) is 12.1. The second kappa shape index (κ2) is 13.8. The van der Waals surface area contributed by atoms with Gasteiger partial charge in [0.1, 0.15) is 5.78 Å². The number of unbranched alkanes of at least 4 members (excludes halogenated alkanes) is 8. The molecule has 0 heterocycles. The lowest BCUT2D eigenvalue weighted by Gasteiger charge is -2.41. The zero-order chi connectivity index (χ0) is 23.5. The third-order valence-corrected chi connectivity index (χ3v) is 18.2. The van der Waals surface area contributed by atoms with Crippen LogP contribution in [0.1, 0.15) is 71.1 Å². The van der Waals surface area contributed by atoms with Gasteiger partial charge in [-0.2, -0.15) is 0 Å². The third-order valence-electron chi connectivity index (χ3n) is 4.70. The summed E-state index contributed by atoms with van der Waals surface area (Å²) in [5, 5.41) is 0. The van der Waals surface area contributed by atoms with Gasteiger partial charge in [0.15, 0.2) is 16.6 Å². The van der Waals surface area contributed by atoms with E-state index in [-0.39, 0.29) is 0 Å². The summed E-state index contributed by atoms with van der Waals surface area (Å²) < 4.78 is 19.9. The Kier molecular flexibility index (Phi) is 14.0. The maximum absolute atomic E-state index is 10.9. The van der Waals surface area contributed by atoms with Crippen LogP contribution in [-0.2, 0) is 17.1 Å². The first-order chi connectivity index (χ1) is 13.5. The summed E-state index contributed by atoms with van der Waals surface area (Å²) in [6.07, 6.45) is 12.0. The van der Waals surface area contributed by atoms with Gasteiger partial charge < -0.3 is 17.1 Å². The van der Waals surface area contributed by atoms with Crippen LogP contribution in [0.5, 0.6) is 0 Å². The van der Waals surface area contributed by atoms with E-state index in [2.05, 4.69) is 58.9 Å². The number of hydrogen-bond acceptors (Lipinski definition) is 4. The molecular formula is C22H52O4Si4. The Morgan fingerprint density at radius 3 is 1.37 bits per heavy atom. The molecule has 0 rings (SSSR count). The minimum absolute atomic E-state index is 0.325. The zero-order valence-electron chi connectivity index (χ0n) is 21.9. The molecule has 0 aliphatic rings. The molecule has 180 valence electrons. The highest BCUT2D eigenvalue weighted by Gasteiger charge is 2.44. The maximum Gasteiger partial charge on any atom is 0.315 e. The SMILES string of the molecule is CC(=O)CCCCCCCCCCC[Si](C)(O[Si](C)(C)C)O[Si](C)(C)O[Si](C)(C)C. The molecule has 1 unspecified atom stereocenters. The average molecular weight is 493 g/mol. The van der Waals surface area contributed by atoms with Gasteiger partial charge in [0.2, 0.25) is 0 Å². The number of Topliss-reactive ketones (excluding diaryl/α,β-unsaturated/α-hetero) is 1. The van der Waals surface area contributed by atoms with Gasteiger partial charge in [0.25, 0.3) is 0 Å². The minimum atomic E-state index is -2.23. The highest BCUT2D eigenvalue weighted by atomic mass is 28.5. The monoisotopic (exact) mass is 492 g/mol. The van der Waals surface area contributed by atoms with Gasteiger partial charge in [0.05, 0.1) is 0 Å². The molecule has 0 N–H and O–H groups in total. The van der Waals surface area contributed by atoms with Crippen molar-refractivity contribution in [2.24, 2.45) is 0 Å². The molecule has 0 bridgehead atoms. The molecule has 0 saturated carbocycles. The highest BCUT2D eigenvalue weighted by molar-refractivity contribution is 6.89. The van der Waals surface area contributed by atoms with Crippen molar-refractivity contribution in [1.82, 2.24) is 0 Å².